The molecule has 0 radical (unpaired) electrons. The predicted molar refractivity (Wildman–Crippen MR) is 259 cm³/mol. The summed E-state index contributed by atoms with van der Waals surface area (Å²) < 4.78 is 0. The van der Waals surface area contributed by atoms with Crippen LogP contribution in [0.3, 0.4) is 0 Å². The molecule has 61 heavy (non-hydrogen) atoms. The monoisotopic (exact) mass is 801 g/mol. The number of benzene rings is 5. The highest BCUT2D eigenvalue weighted by Gasteiger charge is 2.41. The van der Waals surface area contributed by atoms with Crippen LogP contribution >= 0.6 is 0 Å². The van der Waals surface area contributed by atoms with Crippen LogP contribution in [0.1, 0.15) is 162 Å². The summed E-state index contributed by atoms with van der Waals surface area (Å²) in [6.07, 6.45) is 11.6. The minimum atomic E-state index is 0.0166. The molecule has 2 nitrogen and oxygen atoms in total. The molecule has 0 spiro atoms. The van der Waals surface area contributed by atoms with Crippen molar-refractivity contribution in [1.29, 1.82) is 0 Å². The summed E-state index contributed by atoms with van der Waals surface area (Å²) in [5, 5.41) is 0. The smallest absolute Gasteiger partial charge is 0.0533 e. The third-order valence-electron chi connectivity index (χ3n) is 15.0. The van der Waals surface area contributed by atoms with E-state index in [4.69, 9.17) is 0 Å². The molecular weight excluding hydrogens is 737 g/mol. The lowest BCUT2D eigenvalue weighted by atomic mass is 9.74. The van der Waals surface area contributed by atoms with Crippen LogP contribution in [0.4, 0.5) is 28.4 Å². The lowest BCUT2D eigenvalue weighted by Gasteiger charge is -2.46. The second-order valence-corrected chi connectivity index (χ2v) is 23.5. The molecule has 310 valence electrons. The topological polar surface area (TPSA) is 6.48 Å². The number of aryl methyl sites for hydroxylation is 1. The SMILES string of the molecule is C=C/C(=C\C1=C2CCc3cc(C(C)(C)C)cc4c3N2c2c(cc(-c3cc5c6c(c3)Cc3cc(C(C)(C)C)cc7c3N6c3c(cc(C(C)(C)C)cc3C7)C5)cc2C4)C1)C(C)(C)C. The van der Waals surface area contributed by atoms with Gasteiger partial charge in [0.25, 0.3) is 0 Å². The van der Waals surface area contributed by atoms with Crippen molar-refractivity contribution < 1.29 is 0 Å². The van der Waals surface area contributed by atoms with E-state index in [0.717, 1.165) is 44.9 Å². The fraction of sp³-hybridized carbons (Fsp3) is 0.390. The summed E-state index contributed by atoms with van der Waals surface area (Å²) in [5.41, 5.74) is 33.6. The van der Waals surface area contributed by atoms with Gasteiger partial charge in [0.2, 0.25) is 0 Å². The third kappa shape index (κ3) is 5.87. The van der Waals surface area contributed by atoms with Crippen LogP contribution < -0.4 is 9.80 Å². The molecule has 0 aliphatic carbocycles. The van der Waals surface area contributed by atoms with Crippen molar-refractivity contribution in [3.63, 3.8) is 0 Å². The van der Waals surface area contributed by atoms with Crippen LogP contribution in [0.5, 0.6) is 0 Å². The molecule has 0 aromatic heterocycles. The molecule has 0 N–H and O–H groups in total. The molecule has 6 aliphatic rings. The van der Waals surface area contributed by atoms with E-state index in [-0.39, 0.29) is 21.7 Å². The molecule has 0 saturated heterocycles. The van der Waals surface area contributed by atoms with E-state index in [0.29, 0.717) is 0 Å². The van der Waals surface area contributed by atoms with Gasteiger partial charge in [-0.15, -0.1) is 0 Å². The molecule has 0 atom stereocenters. The van der Waals surface area contributed by atoms with Crippen LogP contribution in [-0.4, -0.2) is 0 Å². The number of nitrogens with zero attached hydrogens (tertiary/aromatic N) is 2. The Morgan fingerprint density at radius 3 is 1.11 bits per heavy atom. The maximum Gasteiger partial charge on any atom is 0.0533 e. The van der Waals surface area contributed by atoms with Gasteiger partial charge in [0, 0.05) is 37.8 Å². The highest BCUT2D eigenvalue weighted by atomic mass is 15.2. The van der Waals surface area contributed by atoms with Gasteiger partial charge in [-0.1, -0.05) is 138 Å². The number of hydrogen-bond donors (Lipinski definition) is 0. The summed E-state index contributed by atoms with van der Waals surface area (Å²) >= 11 is 0. The van der Waals surface area contributed by atoms with Crippen molar-refractivity contribution in [3.8, 4) is 11.1 Å². The second-order valence-electron chi connectivity index (χ2n) is 23.5. The van der Waals surface area contributed by atoms with Crippen molar-refractivity contribution in [2.45, 2.75) is 144 Å². The molecule has 2 heteroatoms. The molecule has 6 heterocycles. The maximum absolute atomic E-state index is 4.31. The minimum Gasteiger partial charge on any atom is -0.313 e. The van der Waals surface area contributed by atoms with E-state index in [9.17, 15) is 0 Å². The molecular formula is C59H64N2. The molecule has 5 aromatic rings. The normalized spacial score (nSPS) is 17.1. The lowest BCUT2D eigenvalue weighted by Crippen LogP contribution is -2.33. The summed E-state index contributed by atoms with van der Waals surface area (Å²) in [7, 11) is 0. The van der Waals surface area contributed by atoms with Crippen molar-refractivity contribution in [1.82, 2.24) is 0 Å². The first-order valence-corrected chi connectivity index (χ1v) is 23.1. The van der Waals surface area contributed by atoms with Gasteiger partial charge in [-0.25, -0.2) is 0 Å². The Bertz CT molecular complexity index is 2780. The van der Waals surface area contributed by atoms with Crippen molar-refractivity contribution in [2.75, 3.05) is 9.80 Å². The first-order chi connectivity index (χ1) is 28.7. The zero-order chi connectivity index (χ0) is 42.9. The Morgan fingerprint density at radius 2 is 0.754 bits per heavy atom. The lowest BCUT2D eigenvalue weighted by molar-refractivity contribution is 0.516. The fourth-order valence-corrected chi connectivity index (χ4v) is 11.7. The van der Waals surface area contributed by atoms with Gasteiger partial charge in [-0.2, -0.15) is 0 Å². The number of anilines is 5. The Labute approximate surface area is 366 Å². The molecule has 0 unspecified atom stereocenters. The standard InChI is InChI=1S/C59H64N2/c1-14-46(56(2,3)4)27-36-21-37-17-34(18-38-22-41-28-47(57(5,6)7)26-33-15-16-50(36)60(51(33)41)52(37)38)35-19-39-23-42-29-48(58(8,9)10)31-44-25-45-32-49(59(11,12)13)30-43-24-40(20-35)53(39)61(54(42)44)55(43)45/h14,17-20,26-32H,1,15-16,21-25H2,2-13H3/b46-27+. The Balaban J connectivity index is 1.12. The Morgan fingerprint density at radius 1 is 0.426 bits per heavy atom. The Hall–Kier alpha value is -5.08. The van der Waals surface area contributed by atoms with E-state index in [2.05, 4.69) is 172 Å². The molecule has 0 saturated carbocycles. The van der Waals surface area contributed by atoms with Gasteiger partial charge in [0.05, 0.1) is 28.4 Å². The van der Waals surface area contributed by atoms with Crippen LogP contribution in [-0.2, 0) is 54.8 Å². The molecule has 0 bridgehead atoms. The van der Waals surface area contributed by atoms with Gasteiger partial charge in [-0.05, 0) is 153 Å². The number of rotatable bonds is 3. The molecule has 0 amide bonds. The van der Waals surface area contributed by atoms with E-state index < -0.39 is 0 Å². The minimum absolute atomic E-state index is 0.0166. The average molecular weight is 801 g/mol. The summed E-state index contributed by atoms with van der Waals surface area (Å²) in [6.45, 7) is 32.6. The van der Waals surface area contributed by atoms with Gasteiger partial charge in [0.1, 0.15) is 0 Å². The van der Waals surface area contributed by atoms with Crippen molar-refractivity contribution >= 4 is 28.4 Å². The quantitative estimate of drug-likeness (QED) is 0.164. The average Bonchev–Trinajstić information content (AvgIpc) is 3.17. The van der Waals surface area contributed by atoms with Gasteiger partial charge in [-0.3, -0.25) is 0 Å². The van der Waals surface area contributed by atoms with Crippen LogP contribution in [0, 0.1) is 5.41 Å². The highest BCUT2D eigenvalue weighted by molar-refractivity contribution is 5.96. The van der Waals surface area contributed by atoms with Crippen LogP contribution in [0.2, 0.25) is 0 Å². The zero-order valence-electron chi connectivity index (χ0n) is 39.0. The second kappa shape index (κ2) is 12.5. The Kier molecular flexibility index (Phi) is 7.97. The molecule has 0 fully saturated rings. The van der Waals surface area contributed by atoms with Gasteiger partial charge < -0.3 is 9.80 Å². The van der Waals surface area contributed by atoms with Crippen LogP contribution in [0.15, 0.2) is 96.2 Å². The highest BCUT2D eigenvalue weighted by Crippen LogP contribution is 2.59. The van der Waals surface area contributed by atoms with E-state index in [1.54, 1.807) is 0 Å². The zero-order valence-corrected chi connectivity index (χ0v) is 39.0. The van der Waals surface area contributed by atoms with Gasteiger partial charge >= 0.3 is 0 Å². The van der Waals surface area contributed by atoms with Gasteiger partial charge in [0.15, 0.2) is 0 Å². The largest absolute Gasteiger partial charge is 0.313 e. The summed E-state index contributed by atoms with van der Waals surface area (Å²) in [6, 6.07) is 25.6. The van der Waals surface area contributed by atoms with Crippen molar-refractivity contribution in [3.05, 3.63) is 169 Å². The molecule has 11 rings (SSSR count). The molecule has 5 aromatic carbocycles. The fourth-order valence-electron chi connectivity index (χ4n) is 11.7. The van der Waals surface area contributed by atoms with E-state index in [1.165, 1.54) is 129 Å². The molecule has 6 aliphatic heterocycles. The van der Waals surface area contributed by atoms with E-state index in [1.807, 2.05) is 0 Å². The first-order valence-electron chi connectivity index (χ1n) is 23.1. The van der Waals surface area contributed by atoms with Crippen molar-refractivity contribution in [2.24, 2.45) is 5.41 Å². The van der Waals surface area contributed by atoms with E-state index >= 15 is 0 Å². The number of allylic oxidation sites excluding steroid dienone is 5. The third-order valence-corrected chi connectivity index (χ3v) is 15.0. The summed E-state index contributed by atoms with van der Waals surface area (Å²) in [5.74, 6) is 0. The predicted octanol–water partition coefficient (Wildman–Crippen LogP) is 15.4. The first kappa shape index (κ1) is 38.8. The number of hydrogen-bond acceptors (Lipinski definition) is 2. The van der Waals surface area contributed by atoms with Crippen LogP contribution in [0.25, 0.3) is 11.1 Å². The summed E-state index contributed by atoms with van der Waals surface area (Å²) in [4.78, 5) is 5.43. The maximum atomic E-state index is 4.31.